The lowest BCUT2D eigenvalue weighted by Gasteiger charge is -2.21. The Balaban J connectivity index is 1.58. The molecule has 0 radical (unpaired) electrons. The van der Waals surface area contributed by atoms with Crippen LogP contribution in [0.5, 0.6) is 11.5 Å². The smallest absolute Gasteiger partial charge is 0.243 e. The molecule has 0 aliphatic heterocycles. The van der Waals surface area contributed by atoms with Crippen LogP contribution in [0.4, 0.5) is 0 Å². The van der Waals surface area contributed by atoms with Crippen molar-refractivity contribution in [3.63, 3.8) is 0 Å². The van der Waals surface area contributed by atoms with Crippen LogP contribution in [0, 0.1) is 5.92 Å². The van der Waals surface area contributed by atoms with Crippen molar-refractivity contribution in [1.29, 1.82) is 0 Å². The summed E-state index contributed by atoms with van der Waals surface area (Å²) >= 11 is 0. The van der Waals surface area contributed by atoms with E-state index in [-0.39, 0.29) is 12.5 Å². The van der Waals surface area contributed by atoms with E-state index in [0.717, 1.165) is 12.1 Å². The minimum atomic E-state index is -0.0909. The van der Waals surface area contributed by atoms with E-state index in [4.69, 9.17) is 9.47 Å². The fraction of sp³-hybridized carbons (Fsp3) is 0.556. The third kappa shape index (κ3) is 4.50. The summed E-state index contributed by atoms with van der Waals surface area (Å²) in [6.45, 7) is 0.795. The van der Waals surface area contributed by atoms with Gasteiger partial charge in [-0.25, -0.2) is 0 Å². The predicted octanol–water partition coefficient (Wildman–Crippen LogP) is 2.05. The molecule has 0 bridgehead atoms. The van der Waals surface area contributed by atoms with Crippen LogP contribution in [-0.2, 0) is 11.3 Å². The molecule has 1 saturated carbocycles. The summed E-state index contributed by atoms with van der Waals surface area (Å²) in [5, 5.41) is 15.3. The molecule has 0 unspecified atom stereocenters. The number of carbonyl (C=O) groups is 1. The van der Waals surface area contributed by atoms with E-state index in [1.807, 2.05) is 6.07 Å². The van der Waals surface area contributed by atoms with Gasteiger partial charge in [-0.3, -0.25) is 4.79 Å². The number of ether oxygens (including phenoxy) is 2. The van der Waals surface area contributed by atoms with Crippen molar-refractivity contribution in [3.05, 3.63) is 18.2 Å². The molecule has 1 N–H and O–H groups in total. The highest BCUT2D eigenvalue weighted by Gasteiger charge is 2.15. The minimum absolute atomic E-state index is 0.0625. The third-order valence-corrected chi connectivity index (χ3v) is 4.69. The lowest BCUT2D eigenvalue weighted by Crippen LogP contribution is -2.33. The van der Waals surface area contributed by atoms with E-state index >= 15 is 0 Å². The standard InChI is InChI=1S/C18H25N5O3/c1-25-15-9-8-14(10-16(15)26-2)18-20-22-23(21-18)12-17(24)19-11-13-6-4-3-5-7-13/h8-10,13H,3-7,11-12H2,1-2H3,(H,19,24). The molecule has 0 saturated heterocycles. The van der Waals surface area contributed by atoms with Gasteiger partial charge in [0, 0.05) is 12.1 Å². The number of amides is 1. The molecule has 2 aromatic rings. The quantitative estimate of drug-likeness (QED) is 0.814. The number of carbonyl (C=O) groups excluding carboxylic acids is 1. The Hall–Kier alpha value is -2.64. The zero-order chi connectivity index (χ0) is 18.4. The highest BCUT2D eigenvalue weighted by Crippen LogP contribution is 2.30. The molecule has 26 heavy (non-hydrogen) atoms. The van der Waals surface area contributed by atoms with Crippen LogP contribution in [0.25, 0.3) is 11.4 Å². The Morgan fingerprint density at radius 2 is 1.96 bits per heavy atom. The van der Waals surface area contributed by atoms with Crippen LogP contribution in [0.3, 0.4) is 0 Å². The van der Waals surface area contributed by atoms with Crippen LogP contribution in [0.1, 0.15) is 32.1 Å². The summed E-state index contributed by atoms with van der Waals surface area (Å²) in [5.74, 6) is 2.16. The van der Waals surface area contributed by atoms with E-state index in [0.29, 0.717) is 23.2 Å². The van der Waals surface area contributed by atoms with Gasteiger partial charge in [-0.15, -0.1) is 10.2 Å². The average Bonchev–Trinajstić information content (AvgIpc) is 3.15. The zero-order valence-electron chi connectivity index (χ0n) is 15.3. The molecule has 1 heterocycles. The summed E-state index contributed by atoms with van der Waals surface area (Å²) < 4.78 is 10.5. The number of tetrazole rings is 1. The van der Waals surface area contributed by atoms with E-state index in [2.05, 4.69) is 20.7 Å². The second-order valence-electron chi connectivity index (χ2n) is 6.52. The molecule has 1 aromatic heterocycles. The summed E-state index contributed by atoms with van der Waals surface area (Å²) in [6, 6.07) is 5.39. The third-order valence-electron chi connectivity index (χ3n) is 4.69. The number of rotatable bonds is 7. The Morgan fingerprint density at radius 1 is 1.19 bits per heavy atom. The molecule has 0 spiro atoms. The molecular weight excluding hydrogens is 334 g/mol. The molecule has 1 aliphatic carbocycles. The molecular formula is C18H25N5O3. The molecule has 8 heteroatoms. The first-order chi connectivity index (χ1) is 12.7. The Kier molecular flexibility index (Phi) is 6.04. The normalized spacial score (nSPS) is 14.8. The van der Waals surface area contributed by atoms with Gasteiger partial charge in [0.15, 0.2) is 11.5 Å². The number of methoxy groups -OCH3 is 2. The highest BCUT2D eigenvalue weighted by molar-refractivity contribution is 5.75. The highest BCUT2D eigenvalue weighted by atomic mass is 16.5. The second kappa shape index (κ2) is 8.64. The first-order valence-electron chi connectivity index (χ1n) is 8.96. The van der Waals surface area contributed by atoms with Crippen molar-refractivity contribution in [2.75, 3.05) is 20.8 Å². The van der Waals surface area contributed by atoms with Crippen LogP contribution in [0.2, 0.25) is 0 Å². The summed E-state index contributed by atoms with van der Waals surface area (Å²) in [4.78, 5) is 13.4. The van der Waals surface area contributed by atoms with E-state index < -0.39 is 0 Å². The van der Waals surface area contributed by atoms with Gasteiger partial charge in [-0.1, -0.05) is 19.3 Å². The molecule has 0 atom stereocenters. The zero-order valence-corrected chi connectivity index (χ0v) is 15.3. The molecule has 1 aromatic carbocycles. The number of hydrogen-bond acceptors (Lipinski definition) is 6. The fourth-order valence-corrected chi connectivity index (χ4v) is 3.23. The first kappa shape index (κ1) is 18.2. The number of hydrogen-bond donors (Lipinski definition) is 1. The van der Waals surface area contributed by atoms with Gasteiger partial charge in [-0.05, 0) is 42.2 Å². The van der Waals surface area contributed by atoms with E-state index in [1.54, 1.807) is 26.4 Å². The van der Waals surface area contributed by atoms with Crippen molar-refractivity contribution < 1.29 is 14.3 Å². The Bertz CT molecular complexity index is 740. The average molecular weight is 359 g/mol. The second-order valence-corrected chi connectivity index (χ2v) is 6.52. The number of nitrogens with zero attached hydrogens (tertiary/aromatic N) is 4. The van der Waals surface area contributed by atoms with E-state index in [1.165, 1.54) is 36.9 Å². The lowest BCUT2D eigenvalue weighted by atomic mass is 9.89. The molecule has 140 valence electrons. The van der Waals surface area contributed by atoms with Crippen molar-refractivity contribution in [2.45, 2.75) is 38.6 Å². The largest absolute Gasteiger partial charge is 0.493 e. The summed E-state index contributed by atoms with van der Waals surface area (Å²) in [7, 11) is 3.15. The van der Waals surface area contributed by atoms with Crippen molar-refractivity contribution in [1.82, 2.24) is 25.5 Å². The van der Waals surface area contributed by atoms with Crippen LogP contribution in [-0.4, -0.2) is 46.9 Å². The maximum absolute atomic E-state index is 12.1. The predicted molar refractivity (Wildman–Crippen MR) is 95.9 cm³/mol. The maximum Gasteiger partial charge on any atom is 0.243 e. The Morgan fingerprint density at radius 3 is 2.69 bits per heavy atom. The van der Waals surface area contributed by atoms with Crippen molar-refractivity contribution >= 4 is 5.91 Å². The topological polar surface area (TPSA) is 91.2 Å². The summed E-state index contributed by atoms with van der Waals surface area (Å²) in [5.41, 5.74) is 0.747. The van der Waals surface area contributed by atoms with Crippen LogP contribution in [0.15, 0.2) is 18.2 Å². The Labute approximate surface area is 152 Å². The van der Waals surface area contributed by atoms with Gasteiger partial charge < -0.3 is 14.8 Å². The number of nitrogens with one attached hydrogen (secondary N) is 1. The van der Waals surface area contributed by atoms with Crippen LogP contribution >= 0.6 is 0 Å². The van der Waals surface area contributed by atoms with Gasteiger partial charge in [0.05, 0.1) is 14.2 Å². The maximum atomic E-state index is 12.1. The SMILES string of the molecule is COc1ccc(-c2nnn(CC(=O)NCC3CCCCC3)n2)cc1OC. The number of aromatic nitrogens is 4. The van der Waals surface area contributed by atoms with Crippen molar-refractivity contribution in [3.8, 4) is 22.9 Å². The summed E-state index contributed by atoms with van der Waals surface area (Å²) in [6.07, 6.45) is 6.24. The van der Waals surface area contributed by atoms with Crippen molar-refractivity contribution in [2.24, 2.45) is 5.92 Å². The van der Waals surface area contributed by atoms with Gasteiger partial charge in [0.25, 0.3) is 0 Å². The number of benzene rings is 1. The monoisotopic (exact) mass is 359 g/mol. The van der Waals surface area contributed by atoms with Gasteiger partial charge in [-0.2, -0.15) is 4.80 Å². The van der Waals surface area contributed by atoms with Gasteiger partial charge in [0.2, 0.25) is 11.7 Å². The lowest BCUT2D eigenvalue weighted by molar-refractivity contribution is -0.122. The first-order valence-corrected chi connectivity index (χ1v) is 8.96. The molecule has 1 amide bonds. The van der Waals surface area contributed by atoms with Gasteiger partial charge >= 0.3 is 0 Å². The molecule has 8 nitrogen and oxygen atoms in total. The minimum Gasteiger partial charge on any atom is -0.493 e. The molecule has 1 aliphatic rings. The molecule has 3 rings (SSSR count). The fourth-order valence-electron chi connectivity index (χ4n) is 3.23. The van der Waals surface area contributed by atoms with E-state index in [9.17, 15) is 4.79 Å². The van der Waals surface area contributed by atoms with Crippen LogP contribution < -0.4 is 14.8 Å². The molecule has 1 fully saturated rings. The van der Waals surface area contributed by atoms with Gasteiger partial charge in [0.1, 0.15) is 6.54 Å².